The van der Waals surface area contributed by atoms with Gasteiger partial charge in [0.15, 0.2) is 0 Å². The van der Waals surface area contributed by atoms with Crippen molar-refractivity contribution in [2.45, 2.75) is 25.1 Å². The summed E-state index contributed by atoms with van der Waals surface area (Å²) in [6, 6.07) is 4.79. The molecule has 1 amide bonds. The number of amides is 1. The largest absolute Gasteiger partial charge is 0.410 e. The van der Waals surface area contributed by atoms with Gasteiger partial charge in [0.05, 0.1) is 5.56 Å². The third kappa shape index (κ3) is 3.92. The Balaban J connectivity index is 2.28. The minimum atomic E-state index is -3.64. The maximum absolute atomic E-state index is 13.7. The van der Waals surface area contributed by atoms with E-state index in [4.69, 9.17) is 4.42 Å². The Labute approximate surface area is 132 Å². The van der Waals surface area contributed by atoms with E-state index in [2.05, 4.69) is 15.5 Å². The van der Waals surface area contributed by atoms with Crippen molar-refractivity contribution in [3.63, 3.8) is 0 Å². The summed E-state index contributed by atoms with van der Waals surface area (Å²) in [6.07, 6.45) is 0.937. The molecule has 7 nitrogen and oxygen atoms in total. The van der Waals surface area contributed by atoms with Gasteiger partial charge >= 0.3 is 5.22 Å². The van der Waals surface area contributed by atoms with E-state index in [-0.39, 0.29) is 17.4 Å². The van der Waals surface area contributed by atoms with Gasteiger partial charge in [-0.15, -0.1) is 5.10 Å². The molecule has 0 saturated carbocycles. The zero-order valence-electron chi connectivity index (χ0n) is 12.8. The van der Waals surface area contributed by atoms with Gasteiger partial charge in [0.25, 0.3) is 5.91 Å². The average Bonchev–Trinajstić information content (AvgIpc) is 2.94. The molecule has 0 unspecified atom stereocenters. The Morgan fingerprint density at radius 3 is 2.43 bits per heavy atom. The molecule has 0 spiro atoms. The number of nitrogens with zero attached hydrogens (tertiary/aromatic N) is 2. The van der Waals surface area contributed by atoms with Crippen molar-refractivity contribution in [2.75, 3.05) is 6.26 Å². The lowest BCUT2D eigenvalue weighted by atomic mass is 10.0. The zero-order chi connectivity index (χ0) is 17.2. The second-order valence-electron chi connectivity index (χ2n) is 5.35. The van der Waals surface area contributed by atoms with Gasteiger partial charge in [0, 0.05) is 6.26 Å². The third-order valence-electron chi connectivity index (χ3n) is 3.08. The summed E-state index contributed by atoms with van der Waals surface area (Å²) in [5.74, 6) is -1.54. The van der Waals surface area contributed by atoms with Crippen molar-refractivity contribution < 1.29 is 22.0 Å². The normalized spacial score (nSPS) is 13.1. The van der Waals surface area contributed by atoms with E-state index < -0.39 is 32.8 Å². The number of hydrogen-bond donors (Lipinski definition) is 1. The van der Waals surface area contributed by atoms with E-state index in [0.29, 0.717) is 0 Å². The van der Waals surface area contributed by atoms with Crippen LogP contribution in [0.2, 0.25) is 0 Å². The summed E-state index contributed by atoms with van der Waals surface area (Å²) in [7, 11) is -3.64. The second-order valence-corrected chi connectivity index (χ2v) is 7.25. The van der Waals surface area contributed by atoms with Crippen molar-refractivity contribution >= 4 is 15.7 Å². The fourth-order valence-corrected chi connectivity index (χ4v) is 2.30. The summed E-state index contributed by atoms with van der Waals surface area (Å²) in [5, 5.41) is 9.18. The predicted molar refractivity (Wildman–Crippen MR) is 78.9 cm³/mol. The molecular weight excluding hydrogens is 325 g/mol. The fourth-order valence-electron chi connectivity index (χ4n) is 1.87. The Morgan fingerprint density at radius 1 is 1.26 bits per heavy atom. The van der Waals surface area contributed by atoms with Crippen LogP contribution in [0.4, 0.5) is 4.39 Å². The lowest BCUT2D eigenvalue weighted by Crippen LogP contribution is -2.32. The quantitative estimate of drug-likeness (QED) is 0.889. The van der Waals surface area contributed by atoms with E-state index in [1.807, 2.05) is 0 Å². The Hall–Kier alpha value is -2.29. The van der Waals surface area contributed by atoms with Gasteiger partial charge in [-0.1, -0.05) is 31.1 Å². The van der Waals surface area contributed by atoms with E-state index >= 15 is 0 Å². The maximum atomic E-state index is 13.7. The third-order valence-corrected chi connectivity index (χ3v) is 3.88. The van der Waals surface area contributed by atoms with Crippen molar-refractivity contribution in [3.05, 3.63) is 41.5 Å². The Morgan fingerprint density at radius 2 is 1.91 bits per heavy atom. The van der Waals surface area contributed by atoms with Crippen molar-refractivity contribution in [1.29, 1.82) is 0 Å². The number of sulfone groups is 1. The molecule has 0 radical (unpaired) electrons. The maximum Gasteiger partial charge on any atom is 0.335 e. The van der Waals surface area contributed by atoms with Crippen molar-refractivity contribution in [1.82, 2.24) is 15.5 Å². The predicted octanol–water partition coefficient (Wildman–Crippen LogP) is 1.74. The van der Waals surface area contributed by atoms with Crippen LogP contribution < -0.4 is 5.32 Å². The number of carbonyl (C=O) groups excluding carboxylic acids is 1. The molecule has 0 aliphatic heterocycles. The molecule has 124 valence electrons. The van der Waals surface area contributed by atoms with E-state index in [9.17, 15) is 17.6 Å². The summed E-state index contributed by atoms with van der Waals surface area (Å²) in [5.41, 5.74) is -0.124. The van der Waals surface area contributed by atoms with E-state index in [0.717, 1.165) is 6.26 Å². The van der Waals surface area contributed by atoms with Gasteiger partial charge in [-0.2, -0.15) is 0 Å². The standard InChI is InChI=1S/C14H16FN3O4S/c1-8(2)11(13-17-18-14(22-13)23(3,20)21)16-12(19)9-6-4-5-7-10(9)15/h4-8,11H,1-3H3,(H,16,19)/t11-/m0/s1. The minimum Gasteiger partial charge on any atom is -0.410 e. The number of benzene rings is 1. The highest BCUT2D eigenvalue weighted by Gasteiger charge is 2.27. The number of halogens is 1. The van der Waals surface area contributed by atoms with Crippen LogP contribution in [0.1, 0.15) is 36.1 Å². The number of hydrogen-bond acceptors (Lipinski definition) is 6. The second kappa shape index (κ2) is 6.45. The first-order valence-corrected chi connectivity index (χ1v) is 8.68. The molecule has 1 N–H and O–H groups in total. The lowest BCUT2D eigenvalue weighted by molar-refractivity contribution is 0.0911. The van der Waals surface area contributed by atoms with E-state index in [1.54, 1.807) is 13.8 Å². The molecule has 2 rings (SSSR count). The monoisotopic (exact) mass is 341 g/mol. The molecule has 0 aliphatic carbocycles. The van der Waals surface area contributed by atoms with E-state index in [1.165, 1.54) is 24.3 Å². The van der Waals surface area contributed by atoms with Gasteiger partial charge in [0.1, 0.15) is 11.9 Å². The topological polar surface area (TPSA) is 102 Å². The zero-order valence-corrected chi connectivity index (χ0v) is 13.6. The summed E-state index contributed by atoms with van der Waals surface area (Å²) >= 11 is 0. The lowest BCUT2D eigenvalue weighted by Gasteiger charge is -2.18. The molecule has 0 fully saturated rings. The molecule has 0 saturated heterocycles. The molecule has 2 aromatic rings. The first-order valence-electron chi connectivity index (χ1n) is 6.79. The summed E-state index contributed by atoms with van der Waals surface area (Å²) in [4.78, 5) is 12.2. The average molecular weight is 341 g/mol. The highest BCUT2D eigenvalue weighted by Crippen LogP contribution is 2.22. The molecule has 1 heterocycles. The van der Waals surface area contributed by atoms with Gasteiger partial charge in [-0.25, -0.2) is 12.8 Å². The van der Waals surface area contributed by atoms with Crippen molar-refractivity contribution in [3.8, 4) is 0 Å². The SMILES string of the molecule is CC(C)[C@H](NC(=O)c1ccccc1F)c1nnc(S(C)(=O)=O)o1. The molecule has 1 aromatic heterocycles. The molecule has 0 bridgehead atoms. The summed E-state index contributed by atoms with van der Waals surface area (Å²) in [6.45, 7) is 3.55. The van der Waals surface area contributed by atoms with Gasteiger partial charge in [-0.3, -0.25) is 4.79 Å². The molecule has 23 heavy (non-hydrogen) atoms. The number of rotatable bonds is 5. The van der Waals surface area contributed by atoms with Crippen LogP contribution in [0, 0.1) is 11.7 Å². The molecule has 0 aliphatic rings. The smallest absolute Gasteiger partial charge is 0.335 e. The van der Waals surface area contributed by atoms with Crippen molar-refractivity contribution in [2.24, 2.45) is 5.92 Å². The number of aromatic nitrogens is 2. The van der Waals surface area contributed by atoms with Crippen LogP contribution in [0.5, 0.6) is 0 Å². The van der Waals surface area contributed by atoms with Crippen LogP contribution in [0.15, 0.2) is 33.9 Å². The summed E-state index contributed by atoms with van der Waals surface area (Å²) < 4.78 is 41.6. The van der Waals surface area contributed by atoms with Crippen LogP contribution in [0.25, 0.3) is 0 Å². The van der Waals surface area contributed by atoms with Crippen LogP contribution >= 0.6 is 0 Å². The van der Waals surface area contributed by atoms with Crippen LogP contribution in [-0.4, -0.2) is 30.8 Å². The molecule has 1 atom stereocenters. The fraction of sp³-hybridized carbons (Fsp3) is 0.357. The highest BCUT2D eigenvalue weighted by atomic mass is 32.2. The Kier molecular flexibility index (Phi) is 4.79. The number of nitrogens with one attached hydrogen (secondary N) is 1. The van der Waals surface area contributed by atoms with Gasteiger partial charge in [-0.05, 0) is 18.1 Å². The van der Waals surface area contributed by atoms with Crippen LogP contribution in [0.3, 0.4) is 0 Å². The highest BCUT2D eigenvalue weighted by molar-refractivity contribution is 7.90. The van der Waals surface area contributed by atoms with Gasteiger partial charge < -0.3 is 9.73 Å². The van der Waals surface area contributed by atoms with Crippen LogP contribution in [-0.2, 0) is 9.84 Å². The molecule has 1 aromatic carbocycles. The molecular formula is C14H16FN3O4S. The minimum absolute atomic E-state index is 0.0508. The van der Waals surface area contributed by atoms with Gasteiger partial charge in [0.2, 0.25) is 15.7 Å². The Bertz CT molecular complexity index is 817. The molecule has 9 heteroatoms. The first-order chi connectivity index (χ1) is 10.7. The first kappa shape index (κ1) is 17.1. The number of carbonyl (C=O) groups is 1.